The van der Waals surface area contributed by atoms with Gasteiger partial charge in [0.2, 0.25) is 0 Å². The van der Waals surface area contributed by atoms with Gasteiger partial charge in [0, 0.05) is 6.54 Å². The molecule has 0 saturated heterocycles. The molecule has 3 nitrogen and oxygen atoms in total. The Balaban J connectivity index is -0.000000125. The van der Waals surface area contributed by atoms with Crippen LogP contribution >= 0.6 is 24.8 Å². The highest BCUT2D eigenvalue weighted by Crippen LogP contribution is 1.67. The lowest BCUT2D eigenvalue weighted by atomic mass is 10.5. The van der Waals surface area contributed by atoms with E-state index in [0.717, 1.165) is 0 Å². The Hall–Kier alpha value is 0.01000. The van der Waals surface area contributed by atoms with Crippen molar-refractivity contribution in [3.8, 4) is 0 Å². The van der Waals surface area contributed by atoms with Crippen LogP contribution in [-0.4, -0.2) is 17.6 Å². The molecule has 0 bridgehead atoms. The van der Waals surface area contributed by atoms with E-state index >= 15 is 0 Å². The molecule has 0 rings (SSSR count). The van der Waals surface area contributed by atoms with E-state index in [0.29, 0.717) is 0 Å². The van der Waals surface area contributed by atoms with Crippen LogP contribution < -0.4 is 5.73 Å². The topological polar surface area (TPSA) is 63.3 Å². The van der Waals surface area contributed by atoms with Gasteiger partial charge in [0.15, 0.2) is 0 Å². The Morgan fingerprint density at radius 3 is 1.88 bits per heavy atom. The molecule has 0 fully saturated rings. The molecule has 0 aliphatic carbocycles. The molecule has 0 aliphatic heterocycles. The van der Waals surface area contributed by atoms with E-state index in [2.05, 4.69) is 0 Å². The highest BCUT2D eigenvalue weighted by atomic mass is 35.5. The van der Waals surface area contributed by atoms with Gasteiger partial charge >= 0.3 is 5.97 Å². The van der Waals surface area contributed by atoms with Crippen LogP contribution in [0.4, 0.5) is 0 Å². The maximum absolute atomic E-state index is 9.52. The van der Waals surface area contributed by atoms with Crippen LogP contribution in [0.3, 0.4) is 0 Å². The summed E-state index contributed by atoms with van der Waals surface area (Å²) >= 11 is 0. The number of carboxylic acid groups (broad SMARTS) is 1. The number of nitrogens with two attached hydrogens (primary N) is 1. The predicted octanol–water partition coefficient (Wildman–Crippen LogP) is 0.263. The van der Waals surface area contributed by atoms with E-state index < -0.39 is 5.97 Å². The third-order valence-electron chi connectivity index (χ3n) is 0.358. The fourth-order valence-electron chi connectivity index (χ4n) is 0.123. The zero-order valence-electron chi connectivity index (χ0n) is 4.16. The molecule has 52 valence electrons. The van der Waals surface area contributed by atoms with Crippen molar-refractivity contribution in [3.05, 3.63) is 0 Å². The second kappa shape index (κ2) is 10.1. The first-order valence-corrected chi connectivity index (χ1v) is 1.69. The zero-order valence-corrected chi connectivity index (χ0v) is 5.80. The van der Waals surface area contributed by atoms with E-state index in [4.69, 9.17) is 10.8 Å². The maximum atomic E-state index is 9.52. The van der Waals surface area contributed by atoms with E-state index in [-0.39, 0.29) is 37.8 Å². The first-order valence-electron chi connectivity index (χ1n) is 1.69. The van der Waals surface area contributed by atoms with Crippen LogP contribution in [0.1, 0.15) is 6.42 Å². The fourth-order valence-corrected chi connectivity index (χ4v) is 0.123. The summed E-state index contributed by atoms with van der Waals surface area (Å²) in [4.78, 5) is 9.52. The number of halogens is 2. The Labute approximate surface area is 60.1 Å². The second-order valence-electron chi connectivity index (χ2n) is 0.932. The van der Waals surface area contributed by atoms with Gasteiger partial charge in [-0.05, 0) is 0 Å². The molecule has 3 N–H and O–H groups in total. The first-order chi connectivity index (χ1) is 2.77. The molecule has 0 heterocycles. The first kappa shape index (κ1) is 15.7. The number of aliphatic carboxylic acids is 1. The molecule has 0 atom stereocenters. The highest BCUT2D eigenvalue weighted by molar-refractivity contribution is 5.85. The molecule has 0 unspecified atom stereocenters. The van der Waals surface area contributed by atoms with Crippen molar-refractivity contribution in [1.29, 1.82) is 0 Å². The standard InChI is InChI=1S/C3H7NO2.2ClH/c4-2-1-3(5)6;;/h1-2,4H2,(H,5,6);2*1H. The minimum Gasteiger partial charge on any atom is -0.481 e. The number of rotatable bonds is 2. The largest absolute Gasteiger partial charge is 0.481 e. The number of hydrogen-bond acceptors (Lipinski definition) is 2. The summed E-state index contributed by atoms with van der Waals surface area (Å²) in [6.07, 6.45) is 0.0694. The molecular weight excluding hydrogens is 153 g/mol. The van der Waals surface area contributed by atoms with E-state index in [1.807, 2.05) is 0 Å². The minimum absolute atomic E-state index is 0. The van der Waals surface area contributed by atoms with Crippen molar-refractivity contribution < 1.29 is 9.90 Å². The number of carboxylic acids is 1. The van der Waals surface area contributed by atoms with Crippen LogP contribution in [0.25, 0.3) is 0 Å². The Bertz CT molecular complexity index is 59.2. The number of carbonyl (C=O) groups is 1. The molecule has 0 amide bonds. The van der Waals surface area contributed by atoms with Gasteiger partial charge in [-0.3, -0.25) is 4.79 Å². The Kier molecular flexibility index (Phi) is 19.8. The third kappa shape index (κ3) is 16.7. The Morgan fingerprint density at radius 2 is 1.88 bits per heavy atom. The van der Waals surface area contributed by atoms with Crippen molar-refractivity contribution in [1.82, 2.24) is 0 Å². The average Bonchev–Trinajstić information content (AvgIpc) is 1.35. The van der Waals surface area contributed by atoms with Gasteiger partial charge in [0.05, 0.1) is 6.42 Å². The monoisotopic (exact) mass is 161 g/mol. The number of hydrogen-bond donors (Lipinski definition) is 2. The molecule has 0 aliphatic rings. The Morgan fingerprint density at radius 1 is 1.50 bits per heavy atom. The molecule has 0 radical (unpaired) electrons. The van der Waals surface area contributed by atoms with E-state index in [9.17, 15) is 4.79 Å². The SMILES string of the molecule is Cl.Cl.NCCC(=O)O. The lowest BCUT2D eigenvalue weighted by Crippen LogP contribution is -2.05. The van der Waals surface area contributed by atoms with E-state index in [1.54, 1.807) is 0 Å². The fraction of sp³-hybridized carbons (Fsp3) is 0.667. The van der Waals surface area contributed by atoms with Crippen molar-refractivity contribution in [2.75, 3.05) is 6.54 Å². The zero-order chi connectivity index (χ0) is 4.99. The van der Waals surface area contributed by atoms with Gasteiger partial charge in [-0.1, -0.05) is 0 Å². The molecule has 0 aromatic heterocycles. The van der Waals surface area contributed by atoms with Gasteiger partial charge in [0.25, 0.3) is 0 Å². The van der Waals surface area contributed by atoms with Gasteiger partial charge in [0.1, 0.15) is 0 Å². The smallest absolute Gasteiger partial charge is 0.304 e. The summed E-state index contributed by atoms with van der Waals surface area (Å²) in [6, 6.07) is 0. The molecule has 0 spiro atoms. The van der Waals surface area contributed by atoms with Crippen LogP contribution in [0.15, 0.2) is 0 Å². The summed E-state index contributed by atoms with van der Waals surface area (Å²) in [5, 5.41) is 7.83. The van der Waals surface area contributed by atoms with Crippen molar-refractivity contribution in [2.45, 2.75) is 6.42 Å². The highest BCUT2D eigenvalue weighted by Gasteiger charge is 1.87. The summed E-state index contributed by atoms with van der Waals surface area (Å²) in [7, 11) is 0. The molecular formula is C3H9Cl2NO2. The van der Waals surface area contributed by atoms with Crippen LogP contribution in [0.2, 0.25) is 0 Å². The van der Waals surface area contributed by atoms with Crippen molar-refractivity contribution in [2.24, 2.45) is 5.73 Å². The van der Waals surface area contributed by atoms with Crippen molar-refractivity contribution in [3.63, 3.8) is 0 Å². The summed E-state index contributed by atoms with van der Waals surface area (Å²) in [5.74, 6) is -0.836. The van der Waals surface area contributed by atoms with E-state index in [1.165, 1.54) is 0 Å². The predicted molar refractivity (Wildman–Crippen MR) is 35.8 cm³/mol. The minimum atomic E-state index is -0.836. The summed E-state index contributed by atoms with van der Waals surface area (Å²) in [6.45, 7) is 0.231. The molecule has 5 heteroatoms. The lowest BCUT2D eigenvalue weighted by Gasteiger charge is -1.80. The maximum Gasteiger partial charge on any atom is 0.304 e. The van der Waals surface area contributed by atoms with Gasteiger partial charge in [-0.25, -0.2) is 0 Å². The molecule has 0 aromatic carbocycles. The summed E-state index contributed by atoms with van der Waals surface area (Å²) < 4.78 is 0. The van der Waals surface area contributed by atoms with Gasteiger partial charge in [-0.15, -0.1) is 24.8 Å². The van der Waals surface area contributed by atoms with Crippen LogP contribution in [0, 0.1) is 0 Å². The molecule has 0 aromatic rings. The van der Waals surface area contributed by atoms with Crippen molar-refractivity contribution >= 4 is 30.8 Å². The molecule has 0 saturated carbocycles. The van der Waals surface area contributed by atoms with Gasteiger partial charge < -0.3 is 10.8 Å². The summed E-state index contributed by atoms with van der Waals surface area (Å²) in [5.41, 5.74) is 4.85. The van der Waals surface area contributed by atoms with Gasteiger partial charge in [-0.2, -0.15) is 0 Å². The lowest BCUT2D eigenvalue weighted by molar-refractivity contribution is -0.136. The van der Waals surface area contributed by atoms with Crippen LogP contribution in [0.5, 0.6) is 0 Å². The normalized spacial score (nSPS) is 6.12. The molecule has 8 heavy (non-hydrogen) atoms. The second-order valence-corrected chi connectivity index (χ2v) is 0.932. The van der Waals surface area contributed by atoms with Crippen LogP contribution in [-0.2, 0) is 4.79 Å². The average molecular weight is 162 g/mol. The third-order valence-corrected chi connectivity index (χ3v) is 0.358. The quantitative estimate of drug-likeness (QED) is 0.612.